The number of benzene rings is 2. The Morgan fingerprint density at radius 2 is 1.57 bits per heavy atom. The van der Waals surface area contributed by atoms with Gasteiger partial charge in [-0.3, -0.25) is 0 Å². The number of nitrogens with one attached hydrogen (secondary N) is 1. The van der Waals surface area contributed by atoms with Crippen LogP contribution in [0.25, 0.3) is 0 Å². The lowest BCUT2D eigenvalue weighted by atomic mass is 9.54. The average Bonchev–Trinajstić information content (AvgIpc) is 2.68. The molecule has 0 amide bonds. The molecule has 4 aliphatic carbocycles. The molecule has 0 aliphatic heterocycles. The van der Waals surface area contributed by atoms with Gasteiger partial charge in [-0.2, -0.15) is 0 Å². The Morgan fingerprint density at radius 3 is 2.29 bits per heavy atom. The van der Waals surface area contributed by atoms with Crippen molar-refractivity contribution in [3.05, 3.63) is 63.6 Å². The van der Waals surface area contributed by atoms with Crippen molar-refractivity contribution in [1.29, 1.82) is 0 Å². The molecule has 28 heavy (non-hydrogen) atoms. The summed E-state index contributed by atoms with van der Waals surface area (Å²) in [6, 6.07) is 14.7. The van der Waals surface area contributed by atoms with Gasteiger partial charge in [0.1, 0.15) is 12.4 Å². The van der Waals surface area contributed by atoms with Crippen LogP contribution in [0.1, 0.15) is 43.2 Å². The second-order valence-corrected chi connectivity index (χ2v) is 9.80. The molecule has 0 heterocycles. The maximum atomic E-state index is 6.13. The molecular formula is C24H27Cl2NO. The number of para-hydroxylation sites is 1. The summed E-state index contributed by atoms with van der Waals surface area (Å²) in [4.78, 5) is 0. The second-order valence-electron chi connectivity index (χ2n) is 8.98. The first kappa shape index (κ1) is 18.8. The summed E-state index contributed by atoms with van der Waals surface area (Å²) in [5, 5.41) is 5.06. The van der Waals surface area contributed by atoms with Crippen LogP contribution in [0.4, 0.5) is 0 Å². The van der Waals surface area contributed by atoms with Crippen LogP contribution in [0, 0.1) is 23.7 Å². The molecule has 2 aromatic carbocycles. The van der Waals surface area contributed by atoms with E-state index in [-0.39, 0.29) is 0 Å². The molecule has 0 unspecified atom stereocenters. The van der Waals surface area contributed by atoms with Crippen LogP contribution in [0.3, 0.4) is 0 Å². The molecule has 6 rings (SSSR count). The quantitative estimate of drug-likeness (QED) is 0.581. The van der Waals surface area contributed by atoms with Crippen molar-refractivity contribution in [2.75, 3.05) is 0 Å². The minimum atomic E-state index is 0.492. The van der Waals surface area contributed by atoms with Gasteiger partial charge in [0, 0.05) is 18.2 Å². The lowest BCUT2D eigenvalue weighted by Crippen LogP contribution is -2.54. The molecule has 4 aliphatic rings. The predicted molar refractivity (Wildman–Crippen MR) is 115 cm³/mol. The fourth-order valence-corrected chi connectivity index (χ4v) is 6.39. The zero-order valence-electron chi connectivity index (χ0n) is 16.0. The molecule has 0 aromatic heterocycles. The van der Waals surface area contributed by atoms with Crippen molar-refractivity contribution in [3.8, 4) is 5.75 Å². The maximum Gasteiger partial charge on any atom is 0.124 e. The Hall–Kier alpha value is -1.22. The molecular weight excluding hydrogens is 389 g/mol. The molecule has 4 bridgehead atoms. The first-order valence-electron chi connectivity index (χ1n) is 10.5. The molecule has 0 spiro atoms. The lowest BCUT2D eigenvalue weighted by molar-refractivity contribution is -0.0143. The number of rotatable bonds is 6. The van der Waals surface area contributed by atoms with Crippen molar-refractivity contribution < 1.29 is 4.74 Å². The average molecular weight is 416 g/mol. The number of hydrogen-bond donors (Lipinski definition) is 1. The van der Waals surface area contributed by atoms with E-state index in [1.54, 1.807) is 0 Å². The summed E-state index contributed by atoms with van der Waals surface area (Å²) >= 11 is 12.1. The summed E-state index contributed by atoms with van der Waals surface area (Å²) < 4.78 is 6.13. The molecule has 1 N–H and O–H groups in total. The summed E-state index contributed by atoms with van der Waals surface area (Å²) in [6.07, 6.45) is 7.28. The van der Waals surface area contributed by atoms with Crippen molar-refractivity contribution in [2.45, 2.75) is 51.3 Å². The Balaban J connectivity index is 1.23. The Labute approximate surface area is 177 Å². The molecule has 4 saturated carbocycles. The maximum absolute atomic E-state index is 6.13. The van der Waals surface area contributed by atoms with Gasteiger partial charge in [-0.15, -0.1) is 0 Å². The van der Waals surface area contributed by atoms with Crippen molar-refractivity contribution in [2.24, 2.45) is 23.7 Å². The van der Waals surface area contributed by atoms with Gasteiger partial charge in [0.25, 0.3) is 0 Å². The fourth-order valence-electron chi connectivity index (χ4n) is 6.07. The third-order valence-corrected chi connectivity index (χ3v) is 7.84. The summed E-state index contributed by atoms with van der Waals surface area (Å²) in [7, 11) is 0. The van der Waals surface area contributed by atoms with E-state index in [0.717, 1.165) is 41.5 Å². The SMILES string of the molecule is Clc1ccc(COc2ccccc2CNC2C3CC4CC(C3)CC2C4)cc1Cl. The smallest absolute Gasteiger partial charge is 0.124 e. The third-order valence-electron chi connectivity index (χ3n) is 7.11. The normalized spacial score (nSPS) is 30.6. The molecule has 2 nitrogen and oxygen atoms in total. The molecule has 0 atom stereocenters. The van der Waals surface area contributed by atoms with Gasteiger partial charge < -0.3 is 10.1 Å². The highest BCUT2D eigenvalue weighted by Gasteiger charge is 2.47. The fraction of sp³-hybridized carbons (Fsp3) is 0.500. The van der Waals surface area contributed by atoms with Gasteiger partial charge in [0.15, 0.2) is 0 Å². The van der Waals surface area contributed by atoms with E-state index in [1.807, 2.05) is 24.3 Å². The Bertz CT molecular complexity index is 824. The van der Waals surface area contributed by atoms with E-state index in [9.17, 15) is 0 Å². The van der Waals surface area contributed by atoms with Crippen LogP contribution in [0.15, 0.2) is 42.5 Å². The van der Waals surface area contributed by atoms with Gasteiger partial charge >= 0.3 is 0 Å². The first-order valence-corrected chi connectivity index (χ1v) is 11.3. The topological polar surface area (TPSA) is 21.3 Å². The summed E-state index contributed by atoms with van der Waals surface area (Å²) in [5.74, 6) is 4.76. The molecule has 0 radical (unpaired) electrons. The van der Waals surface area contributed by atoms with E-state index in [2.05, 4.69) is 23.5 Å². The highest BCUT2D eigenvalue weighted by Crippen LogP contribution is 2.53. The van der Waals surface area contributed by atoms with E-state index >= 15 is 0 Å². The number of halogens is 2. The van der Waals surface area contributed by atoms with E-state index in [1.165, 1.54) is 37.7 Å². The van der Waals surface area contributed by atoms with Crippen LogP contribution in [-0.4, -0.2) is 6.04 Å². The van der Waals surface area contributed by atoms with Crippen LogP contribution >= 0.6 is 23.2 Å². The first-order chi connectivity index (χ1) is 13.7. The van der Waals surface area contributed by atoms with Crippen LogP contribution < -0.4 is 10.1 Å². The molecule has 4 heteroatoms. The molecule has 4 fully saturated rings. The van der Waals surface area contributed by atoms with E-state index in [4.69, 9.17) is 27.9 Å². The van der Waals surface area contributed by atoms with Crippen molar-refractivity contribution in [3.63, 3.8) is 0 Å². The van der Waals surface area contributed by atoms with Crippen LogP contribution in [0.5, 0.6) is 5.75 Å². The molecule has 2 aromatic rings. The third kappa shape index (κ3) is 3.79. The largest absolute Gasteiger partial charge is 0.489 e. The number of hydrogen-bond acceptors (Lipinski definition) is 2. The monoisotopic (exact) mass is 415 g/mol. The van der Waals surface area contributed by atoms with Crippen molar-refractivity contribution in [1.82, 2.24) is 5.32 Å². The van der Waals surface area contributed by atoms with E-state index in [0.29, 0.717) is 22.7 Å². The summed E-state index contributed by atoms with van der Waals surface area (Å²) in [6.45, 7) is 1.37. The van der Waals surface area contributed by atoms with Gasteiger partial charge in [-0.25, -0.2) is 0 Å². The van der Waals surface area contributed by atoms with E-state index < -0.39 is 0 Å². The lowest BCUT2D eigenvalue weighted by Gasteiger charge is -2.54. The Kier molecular flexibility index (Phi) is 5.30. The highest BCUT2D eigenvalue weighted by molar-refractivity contribution is 6.42. The minimum Gasteiger partial charge on any atom is -0.489 e. The van der Waals surface area contributed by atoms with Gasteiger partial charge in [0.2, 0.25) is 0 Å². The summed E-state index contributed by atoms with van der Waals surface area (Å²) in [5.41, 5.74) is 2.26. The van der Waals surface area contributed by atoms with Crippen molar-refractivity contribution >= 4 is 23.2 Å². The molecule has 0 saturated heterocycles. The van der Waals surface area contributed by atoms with Gasteiger partial charge in [-0.05, 0) is 79.5 Å². The standard InChI is InChI=1S/C24H27Cl2NO/c25-21-6-5-15(12-22(21)26)14-28-23-4-2-1-3-18(23)13-27-24-19-8-16-7-17(10-19)11-20(24)9-16/h1-6,12,16-17,19-20,24,27H,7-11,13-14H2. The number of ether oxygens (including phenoxy) is 1. The zero-order chi connectivity index (χ0) is 19.1. The van der Waals surface area contributed by atoms with Crippen LogP contribution in [0.2, 0.25) is 10.0 Å². The molecule has 148 valence electrons. The zero-order valence-corrected chi connectivity index (χ0v) is 17.6. The predicted octanol–water partition coefficient (Wildman–Crippen LogP) is 6.49. The second kappa shape index (κ2) is 7.89. The van der Waals surface area contributed by atoms with Crippen LogP contribution in [-0.2, 0) is 13.2 Å². The van der Waals surface area contributed by atoms with Gasteiger partial charge in [0.05, 0.1) is 10.0 Å². The Morgan fingerprint density at radius 1 is 0.857 bits per heavy atom. The highest BCUT2D eigenvalue weighted by atomic mass is 35.5. The van der Waals surface area contributed by atoms with Gasteiger partial charge in [-0.1, -0.05) is 47.5 Å². The minimum absolute atomic E-state index is 0.492.